The van der Waals surface area contributed by atoms with E-state index in [0.717, 1.165) is 58.3 Å². The molecule has 1 saturated heterocycles. The van der Waals surface area contributed by atoms with Gasteiger partial charge in [-0.15, -0.1) is 0 Å². The summed E-state index contributed by atoms with van der Waals surface area (Å²) in [5, 5.41) is 28.8. The standard InChI is InChI=1S/C64H81NO14/c1-7-8-9-10-11-12-13-14-15-16-17-18-19-20-21-31-38-74-61(72)78-55(53(44-32-25-22-26-33-44)65-58(69)45-34-27-23-28-35-45)60(71)77-49-40-64(73)57(79-59(70)46-36-29-24-30-37-46)52-47-41-75-48(47)39-50(67)63(52,6)56(68)54(76-43(3)66)51(42(49)2)62(64,4)5/h11-12,14-15,22-30,32-37,47-50,52-55,57,67,73H,7-10,13,16-21,31,38-41H2,1-6H3,(H,65,69)/b12-11-,15-14-/t47-,48-,49+,50+,52+,53+,54-,55-,57+,63-,64-/m1/s1. The second-order valence-electron chi connectivity index (χ2n) is 22.4. The number of carbonyl (C=O) groups excluding carboxylic acids is 6. The van der Waals surface area contributed by atoms with Gasteiger partial charge in [-0.1, -0.05) is 150 Å². The van der Waals surface area contributed by atoms with Crippen molar-refractivity contribution in [1.82, 2.24) is 5.32 Å². The molecule has 3 fully saturated rings. The molecule has 426 valence electrons. The Hall–Kier alpha value is -6.42. The van der Waals surface area contributed by atoms with Gasteiger partial charge in [0.05, 0.1) is 36.4 Å². The van der Waals surface area contributed by atoms with Crippen molar-refractivity contribution in [3.05, 3.63) is 143 Å². The van der Waals surface area contributed by atoms with Crippen molar-refractivity contribution < 1.29 is 67.4 Å². The van der Waals surface area contributed by atoms with Crippen LogP contribution in [0.3, 0.4) is 0 Å². The Kier molecular flexibility index (Phi) is 21.1. The normalized spacial score (nSPS) is 26.8. The first-order chi connectivity index (χ1) is 37.9. The first kappa shape index (κ1) is 60.2. The number of amides is 1. The van der Waals surface area contributed by atoms with Crippen molar-refractivity contribution in [2.24, 2.45) is 22.7 Å². The summed E-state index contributed by atoms with van der Waals surface area (Å²) in [6.45, 7) is 9.89. The fourth-order valence-corrected chi connectivity index (χ4v) is 12.2. The van der Waals surface area contributed by atoms with Crippen LogP contribution in [0.2, 0.25) is 0 Å². The highest BCUT2D eigenvalue weighted by Gasteiger charge is 2.73. The van der Waals surface area contributed by atoms with Gasteiger partial charge in [0.25, 0.3) is 5.91 Å². The van der Waals surface area contributed by atoms with Crippen molar-refractivity contribution in [2.45, 2.75) is 180 Å². The highest BCUT2D eigenvalue weighted by atomic mass is 16.7. The maximum Gasteiger partial charge on any atom is 0.509 e. The average molecular weight is 1090 g/mol. The van der Waals surface area contributed by atoms with Gasteiger partial charge in [0.1, 0.15) is 23.9 Å². The van der Waals surface area contributed by atoms with Gasteiger partial charge in [0, 0.05) is 42.6 Å². The minimum atomic E-state index is -2.24. The third-order valence-electron chi connectivity index (χ3n) is 16.9. The van der Waals surface area contributed by atoms with E-state index in [4.69, 9.17) is 28.4 Å². The summed E-state index contributed by atoms with van der Waals surface area (Å²) in [6.07, 6.45) is 11.0. The number of aliphatic hydroxyl groups excluding tert-OH is 1. The molecule has 0 aromatic heterocycles. The van der Waals surface area contributed by atoms with Gasteiger partial charge in [-0.05, 0) is 93.3 Å². The molecule has 3 N–H and O–H groups in total. The summed E-state index contributed by atoms with van der Waals surface area (Å²) in [5.74, 6) is -5.73. The first-order valence-electron chi connectivity index (χ1n) is 28.4. The highest BCUT2D eigenvalue weighted by molar-refractivity contribution is 5.96. The quantitative estimate of drug-likeness (QED) is 0.0312. The lowest BCUT2D eigenvalue weighted by Gasteiger charge is -2.64. The van der Waals surface area contributed by atoms with Crippen LogP contribution in [0.5, 0.6) is 0 Å². The lowest BCUT2D eigenvalue weighted by atomic mass is 9.46. The lowest BCUT2D eigenvalue weighted by molar-refractivity contribution is -0.277. The Morgan fingerprint density at radius 2 is 1.37 bits per heavy atom. The van der Waals surface area contributed by atoms with Gasteiger partial charge in [-0.25, -0.2) is 14.4 Å². The fourth-order valence-electron chi connectivity index (χ4n) is 12.2. The van der Waals surface area contributed by atoms with Crippen LogP contribution in [0.1, 0.15) is 164 Å². The lowest BCUT2D eigenvalue weighted by Crippen LogP contribution is -2.75. The molecule has 1 aliphatic heterocycles. The molecule has 1 amide bonds. The van der Waals surface area contributed by atoms with Gasteiger partial charge in [0.2, 0.25) is 6.10 Å². The van der Waals surface area contributed by atoms with Crippen LogP contribution in [0.15, 0.2) is 126 Å². The van der Waals surface area contributed by atoms with E-state index in [2.05, 4.69) is 36.5 Å². The summed E-state index contributed by atoms with van der Waals surface area (Å²) in [4.78, 5) is 86.2. The summed E-state index contributed by atoms with van der Waals surface area (Å²) >= 11 is 0. The van der Waals surface area contributed by atoms with E-state index in [1.54, 1.807) is 119 Å². The Balaban J connectivity index is 1.17. The van der Waals surface area contributed by atoms with Crippen molar-refractivity contribution >= 4 is 35.8 Å². The first-order valence-corrected chi connectivity index (χ1v) is 28.4. The molecule has 2 saturated carbocycles. The van der Waals surface area contributed by atoms with Gasteiger partial charge in [-0.2, -0.15) is 0 Å². The van der Waals surface area contributed by atoms with Gasteiger partial charge < -0.3 is 44.0 Å². The second-order valence-corrected chi connectivity index (χ2v) is 22.4. The smallest absolute Gasteiger partial charge is 0.455 e. The number of fused-ring (bicyclic) bond motifs is 5. The number of ketones is 1. The highest BCUT2D eigenvalue weighted by Crippen LogP contribution is 2.62. The molecule has 0 radical (unpaired) electrons. The molecule has 3 aromatic rings. The Morgan fingerprint density at radius 3 is 1.97 bits per heavy atom. The summed E-state index contributed by atoms with van der Waals surface area (Å²) < 4.78 is 36.4. The number of carbonyl (C=O) groups is 6. The number of Topliss-reactive ketones (excluding diaryl/α,β-unsaturated/α-hetero) is 1. The zero-order valence-electron chi connectivity index (χ0n) is 46.8. The van der Waals surface area contributed by atoms with Gasteiger partial charge in [0.15, 0.2) is 11.9 Å². The van der Waals surface area contributed by atoms with Crippen LogP contribution in [-0.2, 0) is 42.8 Å². The molecular formula is C64H81NO14. The summed E-state index contributed by atoms with van der Waals surface area (Å²) in [7, 11) is 0. The third-order valence-corrected chi connectivity index (χ3v) is 16.9. The van der Waals surface area contributed by atoms with E-state index >= 15 is 9.59 Å². The van der Waals surface area contributed by atoms with Crippen LogP contribution in [-0.4, -0.2) is 101 Å². The molecular weight excluding hydrogens is 1010 g/mol. The number of aliphatic hydroxyl groups is 2. The van der Waals surface area contributed by atoms with Crippen molar-refractivity contribution in [3.63, 3.8) is 0 Å². The predicted molar refractivity (Wildman–Crippen MR) is 296 cm³/mol. The van der Waals surface area contributed by atoms with Gasteiger partial charge in [-0.3, -0.25) is 14.4 Å². The minimum absolute atomic E-state index is 0.00600. The van der Waals surface area contributed by atoms with Crippen LogP contribution >= 0.6 is 0 Å². The zero-order valence-corrected chi connectivity index (χ0v) is 46.8. The number of ether oxygens (including phenoxy) is 6. The van der Waals surface area contributed by atoms with E-state index < -0.39 is 113 Å². The maximum absolute atomic E-state index is 15.5. The molecule has 1 heterocycles. The second kappa shape index (κ2) is 27.6. The predicted octanol–water partition coefficient (Wildman–Crippen LogP) is 11.0. The van der Waals surface area contributed by atoms with Crippen LogP contribution in [0.4, 0.5) is 4.79 Å². The number of benzene rings is 3. The van der Waals surface area contributed by atoms with Crippen LogP contribution in [0, 0.1) is 22.7 Å². The van der Waals surface area contributed by atoms with E-state index in [1.807, 2.05) is 0 Å². The minimum Gasteiger partial charge on any atom is -0.455 e. The Labute approximate surface area is 465 Å². The number of rotatable bonds is 25. The molecule has 2 bridgehead atoms. The Bertz CT molecular complexity index is 2650. The number of esters is 3. The molecule has 7 rings (SSSR count). The number of nitrogens with one attached hydrogen (secondary N) is 1. The fraction of sp³-hybridized carbons (Fsp3) is 0.531. The van der Waals surface area contributed by atoms with E-state index in [1.165, 1.54) is 19.3 Å². The molecule has 0 spiro atoms. The van der Waals surface area contributed by atoms with E-state index in [0.29, 0.717) is 12.0 Å². The Morgan fingerprint density at radius 1 is 0.772 bits per heavy atom. The van der Waals surface area contributed by atoms with E-state index in [-0.39, 0.29) is 41.9 Å². The molecule has 11 atom stereocenters. The maximum atomic E-state index is 15.5. The number of hydrogen-bond donors (Lipinski definition) is 3. The van der Waals surface area contributed by atoms with Crippen LogP contribution in [0.25, 0.3) is 0 Å². The molecule has 15 nitrogen and oxygen atoms in total. The van der Waals surface area contributed by atoms with Crippen molar-refractivity contribution in [3.8, 4) is 0 Å². The number of hydrogen-bond acceptors (Lipinski definition) is 14. The molecule has 0 unspecified atom stereocenters. The summed E-state index contributed by atoms with van der Waals surface area (Å²) in [6, 6.07) is 23.5. The topological polar surface area (TPSA) is 210 Å². The van der Waals surface area contributed by atoms with E-state index in [9.17, 15) is 29.4 Å². The monoisotopic (exact) mass is 1090 g/mol. The molecule has 3 aromatic carbocycles. The van der Waals surface area contributed by atoms with Crippen molar-refractivity contribution in [1.29, 1.82) is 0 Å². The molecule has 15 heteroatoms. The molecule has 79 heavy (non-hydrogen) atoms. The van der Waals surface area contributed by atoms with Gasteiger partial charge >= 0.3 is 24.1 Å². The third kappa shape index (κ3) is 14.0. The number of allylic oxidation sites excluding steroid dienone is 4. The number of unbranched alkanes of at least 4 members (excludes halogenated alkanes) is 9. The molecule has 3 aliphatic carbocycles. The largest absolute Gasteiger partial charge is 0.509 e. The van der Waals surface area contributed by atoms with Crippen molar-refractivity contribution in [2.75, 3.05) is 13.2 Å². The zero-order chi connectivity index (χ0) is 56.7. The van der Waals surface area contributed by atoms with Crippen LogP contribution < -0.4 is 5.32 Å². The average Bonchev–Trinajstić information content (AvgIpc) is 3.53. The molecule has 4 aliphatic rings. The summed E-state index contributed by atoms with van der Waals surface area (Å²) in [5.41, 5.74) is -4.51. The SMILES string of the molecule is CCCCC/C=C\C/C=C\CCCCCCCCOC(=O)O[C@@H](C(=O)O[C@H]1C[C@@]2(O)[C@@H](OC(=O)c3ccccc3)[C@@H]3[C@@H]4CO[C@@H]4C[C@H](O)[C@@]3(C)C(=O)[C@H](OC(C)=O)C(=C1C)C2(C)C)[C@@H](NC(=O)c1ccccc1)c1ccccc1.